The van der Waals surface area contributed by atoms with Crippen LogP contribution < -0.4 is 5.32 Å². The lowest BCUT2D eigenvalue weighted by atomic mass is 9.97. The highest BCUT2D eigenvalue weighted by Crippen LogP contribution is 2.22. The number of hydrogen-bond acceptors (Lipinski definition) is 7. The molecule has 8 nitrogen and oxygen atoms in total. The molecule has 0 spiro atoms. The number of nitrogens with one attached hydrogen (secondary N) is 1. The Morgan fingerprint density at radius 3 is 2.87 bits per heavy atom. The van der Waals surface area contributed by atoms with Crippen molar-refractivity contribution in [1.82, 2.24) is 20.4 Å². The van der Waals surface area contributed by atoms with Crippen LogP contribution in [-0.2, 0) is 20.7 Å². The van der Waals surface area contributed by atoms with Crippen LogP contribution in [0.5, 0.6) is 0 Å². The number of aryl methyl sites for hydroxylation is 2. The molecule has 168 valence electrons. The van der Waals surface area contributed by atoms with E-state index in [-0.39, 0.29) is 24.2 Å². The van der Waals surface area contributed by atoms with Crippen molar-refractivity contribution in [3.63, 3.8) is 0 Å². The normalized spacial score (nSPS) is 20.6. The molecule has 31 heavy (non-hydrogen) atoms. The lowest BCUT2D eigenvalue weighted by Gasteiger charge is -2.37. The van der Waals surface area contributed by atoms with Crippen molar-refractivity contribution in [1.29, 1.82) is 0 Å². The summed E-state index contributed by atoms with van der Waals surface area (Å²) in [6.45, 7) is 7.01. The summed E-state index contributed by atoms with van der Waals surface area (Å²) < 4.78 is 30.0. The van der Waals surface area contributed by atoms with E-state index in [1.54, 1.807) is 19.1 Å². The van der Waals surface area contributed by atoms with Crippen molar-refractivity contribution in [2.24, 2.45) is 5.92 Å². The van der Waals surface area contributed by atoms with Crippen LogP contribution in [0.1, 0.15) is 24.3 Å². The maximum Gasteiger partial charge on any atom is 0.227 e. The van der Waals surface area contributed by atoms with Crippen molar-refractivity contribution in [2.45, 2.75) is 32.2 Å². The van der Waals surface area contributed by atoms with E-state index in [0.717, 1.165) is 45.9 Å². The Morgan fingerprint density at radius 2 is 2.13 bits per heavy atom. The van der Waals surface area contributed by atoms with E-state index >= 15 is 0 Å². The summed E-state index contributed by atoms with van der Waals surface area (Å²) in [5.74, 6) is 0.735. The van der Waals surface area contributed by atoms with Gasteiger partial charge in [0, 0.05) is 56.6 Å². The van der Waals surface area contributed by atoms with Gasteiger partial charge in [-0.05, 0) is 25.0 Å². The van der Waals surface area contributed by atoms with Crippen molar-refractivity contribution >= 4 is 5.91 Å². The van der Waals surface area contributed by atoms with E-state index in [1.165, 1.54) is 6.07 Å². The number of benzene rings is 1. The van der Waals surface area contributed by atoms with E-state index in [9.17, 15) is 9.18 Å². The minimum atomic E-state index is -0.314. The first-order valence-corrected chi connectivity index (χ1v) is 10.9. The topological polar surface area (TPSA) is 89.7 Å². The average molecular weight is 432 g/mol. The second-order valence-corrected chi connectivity index (χ2v) is 8.12. The van der Waals surface area contributed by atoms with Gasteiger partial charge in [0.05, 0.1) is 19.8 Å². The molecule has 1 amide bonds. The van der Waals surface area contributed by atoms with Crippen LogP contribution in [0.2, 0.25) is 0 Å². The van der Waals surface area contributed by atoms with E-state index in [1.807, 2.05) is 0 Å². The maximum atomic E-state index is 13.8. The molecule has 9 heteroatoms. The summed E-state index contributed by atoms with van der Waals surface area (Å²) in [7, 11) is 0. The van der Waals surface area contributed by atoms with Crippen molar-refractivity contribution < 1.29 is 23.2 Å². The number of carbonyl (C=O) groups is 1. The predicted molar refractivity (Wildman–Crippen MR) is 111 cm³/mol. The first-order chi connectivity index (χ1) is 15.1. The fourth-order valence-electron chi connectivity index (χ4n) is 4.09. The van der Waals surface area contributed by atoms with E-state index < -0.39 is 0 Å². The SMILES string of the molecule is Cc1ccc(-c2noc(CCC(=O)NCC(C3CCOC3)N3CCOCC3)n2)cc1F. The van der Waals surface area contributed by atoms with Crippen LogP contribution in [0, 0.1) is 18.7 Å². The molecule has 2 aromatic rings. The van der Waals surface area contributed by atoms with Gasteiger partial charge in [-0.1, -0.05) is 17.3 Å². The average Bonchev–Trinajstić information content (AvgIpc) is 3.48. The van der Waals surface area contributed by atoms with Crippen LogP contribution in [-0.4, -0.2) is 73.1 Å². The largest absolute Gasteiger partial charge is 0.381 e. The van der Waals surface area contributed by atoms with Gasteiger partial charge < -0.3 is 19.3 Å². The lowest BCUT2D eigenvalue weighted by Crippen LogP contribution is -2.52. The molecule has 2 fully saturated rings. The van der Waals surface area contributed by atoms with Gasteiger partial charge in [0.1, 0.15) is 5.82 Å². The number of ether oxygens (including phenoxy) is 2. The molecule has 0 saturated carbocycles. The molecule has 0 radical (unpaired) electrons. The Balaban J connectivity index is 1.28. The highest BCUT2D eigenvalue weighted by Gasteiger charge is 2.31. The number of hydrogen-bond donors (Lipinski definition) is 1. The fraction of sp³-hybridized carbons (Fsp3) is 0.591. The number of amides is 1. The zero-order chi connectivity index (χ0) is 21.6. The zero-order valence-electron chi connectivity index (χ0n) is 17.8. The summed E-state index contributed by atoms with van der Waals surface area (Å²) in [4.78, 5) is 19.1. The third kappa shape index (κ3) is 5.66. The lowest BCUT2D eigenvalue weighted by molar-refractivity contribution is -0.121. The molecule has 3 heterocycles. The van der Waals surface area contributed by atoms with Gasteiger partial charge in [-0.15, -0.1) is 0 Å². The minimum absolute atomic E-state index is 0.0571. The van der Waals surface area contributed by atoms with Crippen molar-refractivity contribution in [3.05, 3.63) is 35.5 Å². The van der Waals surface area contributed by atoms with Gasteiger partial charge in [-0.2, -0.15) is 4.98 Å². The van der Waals surface area contributed by atoms with Crippen LogP contribution >= 0.6 is 0 Å². The molecular weight excluding hydrogens is 403 g/mol. The monoisotopic (exact) mass is 432 g/mol. The van der Waals surface area contributed by atoms with E-state index in [0.29, 0.717) is 41.7 Å². The predicted octanol–water partition coefficient (Wildman–Crippen LogP) is 1.97. The highest BCUT2D eigenvalue weighted by molar-refractivity contribution is 5.76. The summed E-state index contributed by atoms with van der Waals surface area (Å²) in [6.07, 6.45) is 1.60. The molecule has 1 N–H and O–H groups in total. The molecule has 2 aliphatic rings. The van der Waals surface area contributed by atoms with Crippen LogP contribution in [0.3, 0.4) is 0 Å². The molecule has 2 saturated heterocycles. The maximum absolute atomic E-state index is 13.8. The minimum Gasteiger partial charge on any atom is -0.381 e. The number of halogens is 1. The first kappa shape index (κ1) is 21.9. The second kappa shape index (κ2) is 10.3. The Hall–Kier alpha value is -2.36. The first-order valence-electron chi connectivity index (χ1n) is 10.9. The molecule has 1 aromatic heterocycles. The quantitative estimate of drug-likeness (QED) is 0.682. The fourth-order valence-corrected chi connectivity index (χ4v) is 4.09. The van der Waals surface area contributed by atoms with Gasteiger partial charge in [-0.3, -0.25) is 9.69 Å². The molecule has 2 atom stereocenters. The summed E-state index contributed by atoms with van der Waals surface area (Å²) in [5, 5.41) is 6.97. The molecule has 4 rings (SSSR count). The number of rotatable bonds is 8. The third-order valence-corrected chi connectivity index (χ3v) is 6.00. The van der Waals surface area contributed by atoms with Gasteiger partial charge >= 0.3 is 0 Å². The number of morpholine rings is 1. The van der Waals surface area contributed by atoms with Crippen LogP contribution in [0.4, 0.5) is 4.39 Å². The van der Waals surface area contributed by atoms with Crippen LogP contribution in [0.15, 0.2) is 22.7 Å². The summed E-state index contributed by atoms with van der Waals surface area (Å²) >= 11 is 0. The van der Waals surface area contributed by atoms with Crippen molar-refractivity contribution in [2.75, 3.05) is 46.1 Å². The highest BCUT2D eigenvalue weighted by atomic mass is 19.1. The summed E-state index contributed by atoms with van der Waals surface area (Å²) in [6, 6.07) is 5.06. The van der Waals surface area contributed by atoms with E-state index in [4.69, 9.17) is 14.0 Å². The second-order valence-electron chi connectivity index (χ2n) is 8.12. The number of aromatic nitrogens is 2. The Bertz CT molecular complexity index is 878. The zero-order valence-corrected chi connectivity index (χ0v) is 17.8. The molecule has 0 bridgehead atoms. The van der Waals surface area contributed by atoms with Gasteiger partial charge in [0.2, 0.25) is 17.6 Å². The Labute approximate surface area is 181 Å². The molecule has 0 aliphatic carbocycles. The molecule has 2 unspecified atom stereocenters. The smallest absolute Gasteiger partial charge is 0.227 e. The summed E-state index contributed by atoms with van der Waals surface area (Å²) in [5.41, 5.74) is 1.11. The third-order valence-electron chi connectivity index (χ3n) is 6.00. The number of carbonyl (C=O) groups excluding carboxylic acids is 1. The van der Waals surface area contributed by atoms with Crippen LogP contribution in [0.25, 0.3) is 11.4 Å². The van der Waals surface area contributed by atoms with Gasteiger partial charge in [0.15, 0.2) is 0 Å². The standard InChI is InChI=1S/C22H29FN4O4/c1-15-2-3-16(12-18(15)23)22-25-21(31-26-22)5-4-20(28)24-13-19(17-6-9-30-14-17)27-7-10-29-11-8-27/h2-3,12,17,19H,4-11,13-14H2,1H3,(H,24,28). The van der Waals surface area contributed by atoms with Gasteiger partial charge in [0.25, 0.3) is 0 Å². The van der Waals surface area contributed by atoms with Gasteiger partial charge in [-0.25, -0.2) is 4.39 Å². The van der Waals surface area contributed by atoms with E-state index in [2.05, 4.69) is 20.4 Å². The molecule has 2 aliphatic heterocycles. The number of nitrogens with zero attached hydrogens (tertiary/aromatic N) is 3. The Morgan fingerprint density at radius 1 is 1.29 bits per heavy atom. The van der Waals surface area contributed by atoms with Crippen molar-refractivity contribution in [3.8, 4) is 11.4 Å². The Kier molecular flexibility index (Phi) is 7.26. The molecule has 1 aromatic carbocycles. The molecular formula is C22H29FN4O4.